The molecular formula is C21H28O2. The summed E-state index contributed by atoms with van der Waals surface area (Å²) in [4.78, 5) is 0. The van der Waals surface area contributed by atoms with Gasteiger partial charge in [0.05, 0.1) is 13.2 Å². The van der Waals surface area contributed by atoms with Gasteiger partial charge in [-0.2, -0.15) is 0 Å². The third-order valence-electron chi connectivity index (χ3n) is 3.81. The van der Waals surface area contributed by atoms with Crippen LogP contribution in [0.5, 0.6) is 11.5 Å². The van der Waals surface area contributed by atoms with Crippen molar-refractivity contribution in [3.8, 4) is 11.5 Å². The summed E-state index contributed by atoms with van der Waals surface area (Å²) in [6.45, 7) is 1.66. The molecule has 2 nitrogen and oxygen atoms in total. The SMILES string of the molecule is c1ccc(OCCCCCCCCCOc2ccccc2)cc1. The average molecular weight is 312 g/mol. The van der Waals surface area contributed by atoms with Crippen molar-refractivity contribution in [3.63, 3.8) is 0 Å². The van der Waals surface area contributed by atoms with Crippen molar-refractivity contribution in [1.29, 1.82) is 0 Å². The molecule has 124 valence electrons. The third kappa shape index (κ3) is 8.29. The minimum Gasteiger partial charge on any atom is -0.494 e. The molecule has 0 spiro atoms. The molecule has 0 aliphatic rings. The van der Waals surface area contributed by atoms with Gasteiger partial charge in [-0.3, -0.25) is 0 Å². The van der Waals surface area contributed by atoms with Gasteiger partial charge in [0.1, 0.15) is 11.5 Å². The smallest absolute Gasteiger partial charge is 0.119 e. The lowest BCUT2D eigenvalue weighted by molar-refractivity contribution is 0.299. The van der Waals surface area contributed by atoms with E-state index in [0.29, 0.717) is 0 Å². The molecule has 23 heavy (non-hydrogen) atoms. The van der Waals surface area contributed by atoms with Gasteiger partial charge in [0.15, 0.2) is 0 Å². The van der Waals surface area contributed by atoms with E-state index in [1.54, 1.807) is 0 Å². The molecule has 0 aliphatic carbocycles. The Morgan fingerprint density at radius 3 is 1.17 bits per heavy atom. The first-order chi connectivity index (χ1) is 11.4. The van der Waals surface area contributed by atoms with E-state index in [1.165, 1.54) is 32.1 Å². The summed E-state index contributed by atoms with van der Waals surface area (Å²) in [7, 11) is 0. The van der Waals surface area contributed by atoms with Gasteiger partial charge < -0.3 is 9.47 Å². The lowest BCUT2D eigenvalue weighted by Gasteiger charge is -2.06. The van der Waals surface area contributed by atoms with Crippen molar-refractivity contribution >= 4 is 0 Å². The van der Waals surface area contributed by atoms with Gasteiger partial charge in [0, 0.05) is 0 Å². The number of benzene rings is 2. The molecule has 0 radical (unpaired) electrons. The van der Waals surface area contributed by atoms with E-state index in [2.05, 4.69) is 0 Å². The maximum absolute atomic E-state index is 5.69. The van der Waals surface area contributed by atoms with E-state index in [1.807, 2.05) is 60.7 Å². The minimum atomic E-state index is 0.828. The predicted molar refractivity (Wildman–Crippen MR) is 96.2 cm³/mol. The summed E-state index contributed by atoms with van der Waals surface area (Å²) >= 11 is 0. The molecule has 0 aromatic heterocycles. The zero-order valence-electron chi connectivity index (χ0n) is 14.0. The molecule has 0 atom stereocenters. The molecule has 0 aliphatic heterocycles. The Hall–Kier alpha value is -1.96. The normalized spacial score (nSPS) is 10.4. The Kier molecular flexibility index (Phi) is 8.76. The highest BCUT2D eigenvalue weighted by Crippen LogP contribution is 2.12. The molecule has 2 aromatic carbocycles. The molecule has 0 N–H and O–H groups in total. The fraction of sp³-hybridized carbons (Fsp3) is 0.429. The number of ether oxygens (including phenoxy) is 2. The number of unbranched alkanes of at least 4 members (excludes halogenated alkanes) is 6. The van der Waals surface area contributed by atoms with Crippen LogP contribution < -0.4 is 9.47 Å². The van der Waals surface area contributed by atoms with E-state index in [-0.39, 0.29) is 0 Å². The number of hydrogen-bond donors (Lipinski definition) is 0. The molecule has 0 heterocycles. The Morgan fingerprint density at radius 1 is 0.435 bits per heavy atom. The Morgan fingerprint density at radius 2 is 0.783 bits per heavy atom. The van der Waals surface area contributed by atoms with E-state index < -0.39 is 0 Å². The zero-order chi connectivity index (χ0) is 16.0. The van der Waals surface area contributed by atoms with E-state index in [9.17, 15) is 0 Å². The fourth-order valence-corrected chi connectivity index (χ4v) is 2.50. The quantitative estimate of drug-likeness (QED) is 0.456. The van der Waals surface area contributed by atoms with Crippen LogP contribution in [-0.2, 0) is 0 Å². The molecule has 0 saturated carbocycles. The van der Waals surface area contributed by atoms with Gasteiger partial charge in [-0.15, -0.1) is 0 Å². The molecule has 2 heteroatoms. The first-order valence-corrected chi connectivity index (χ1v) is 8.81. The predicted octanol–water partition coefficient (Wildman–Crippen LogP) is 5.88. The van der Waals surface area contributed by atoms with Gasteiger partial charge in [-0.05, 0) is 37.1 Å². The van der Waals surface area contributed by atoms with Gasteiger partial charge in [-0.25, -0.2) is 0 Å². The standard InChI is InChI=1S/C21H28O2/c1(2-4-12-18-22-20-14-8-6-9-15-20)3-5-13-19-23-21-16-10-7-11-17-21/h6-11,14-17H,1-5,12-13,18-19H2. The van der Waals surface area contributed by atoms with Crippen molar-refractivity contribution in [2.24, 2.45) is 0 Å². The summed E-state index contributed by atoms with van der Waals surface area (Å²) in [6, 6.07) is 20.1. The summed E-state index contributed by atoms with van der Waals surface area (Å²) in [5, 5.41) is 0. The number of para-hydroxylation sites is 2. The van der Waals surface area contributed by atoms with Gasteiger partial charge >= 0.3 is 0 Å². The highest BCUT2D eigenvalue weighted by Gasteiger charge is 1.95. The van der Waals surface area contributed by atoms with Crippen LogP contribution in [-0.4, -0.2) is 13.2 Å². The number of hydrogen-bond acceptors (Lipinski definition) is 2. The maximum Gasteiger partial charge on any atom is 0.119 e. The van der Waals surface area contributed by atoms with Crippen LogP contribution in [0.25, 0.3) is 0 Å². The molecular weight excluding hydrogens is 284 g/mol. The van der Waals surface area contributed by atoms with Gasteiger partial charge in [0.25, 0.3) is 0 Å². The van der Waals surface area contributed by atoms with E-state index in [0.717, 1.165) is 37.6 Å². The lowest BCUT2D eigenvalue weighted by Crippen LogP contribution is -1.97. The van der Waals surface area contributed by atoms with Crippen LogP contribution in [0.2, 0.25) is 0 Å². The molecule has 0 amide bonds. The van der Waals surface area contributed by atoms with Crippen LogP contribution in [0, 0.1) is 0 Å². The molecule has 0 bridgehead atoms. The van der Waals surface area contributed by atoms with Crippen LogP contribution >= 0.6 is 0 Å². The monoisotopic (exact) mass is 312 g/mol. The maximum atomic E-state index is 5.69. The molecule has 0 unspecified atom stereocenters. The molecule has 2 rings (SSSR count). The highest BCUT2D eigenvalue weighted by atomic mass is 16.5. The molecule has 2 aromatic rings. The van der Waals surface area contributed by atoms with Crippen LogP contribution in [0.1, 0.15) is 44.9 Å². The van der Waals surface area contributed by atoms with Crippen molar-refractivity contribution in [3.05, 3.63) is 60.7 Å². The van der Waals surface area contributed by atoms with Crippen LogP contribution in [0.4, 0.5) is 0 Å². The van der Waals surface area contributed by atoms with Crippen LogP contribution in [0.3, 0.4) is 0 Å². The second-order valence-corrected chi connectivity index (χ2v) is 5.80. The average Bonchev–Trinajstić information content (AvgIpc) is 2.61. The molecule has 0 saturated heterocycles. The minimum absolute atomic E-state index is 0.828. The van der Waals surface area contributed by atoms with E-state index in [4.69, 9.17) is 9.47 Å². The summed E-state index contributed by atoms with van der Waals surface area (Å²) in [5.74, 6) is 1.96. The summed E-state index contributed by atoms with van der Waals surface area (Å²) in [5.41, 5.74) is 0. The van der Waals surface area contributed by atoms with E-state index >= 15 is 0 Å². The largest absolute Gasteiger partial charge is 0.494 e. The lowest BCUT2D eigenvalue weighted by atomic mass is 10.1. The Labute approximate surface area is 140 Å². The third-order valence-corrected chi connectivity index (χ3v) is 3.81. The second kappa shape index (κ2) is 11.6. The Bertz CT molecular complexity index is 448. The summed E-state index contributed by atoms with van der Waals surface area (Å²) < 4.78 is 11.4. The number of rotatable bonds is 12. The Balaban J connectivity index is 1.34. The first-order valence-electron chi connectivity index (χ1n) is 8.81. The van der Waals surface area contributed by atoms with Crippen molar-refractivity contribution in [2.45, 2.75) is 44.9 Å². The second-order valence-electron chi connectivity index (χ2n) is 5.80. The van der Waals surface area contributed by atoms with Gasteiger partial charge in [-0.1, -0.05) is 68.5 Å². The first kappa shape index (κ1) is 17.4. The van der Waals surface area contributed by atoms with Crippen molar-refractivity contribution in [1.82, 2.24) is 0 Å². The van der Waals surface area contributed by atoms with Crippen molar-refractivity contribution < 1.29 is 9.47 Å². The van der Waals surface area contributed by atoms with Gasteiger partial charge in [0.2, 0.25) is 0 Å². The molecule has 0 fully saturated rings. The van der Waals surface area contributed by atoms with Crippen molar-refractivity contribution in [2.75, 3.05) is 13.2 Å². The zero-order valence-corrected chi connectivity index (χ0v) is 14.0. The summed E-state index contributed by atoms with van der Waals surface area (Å²) in [6.07, 6.45) is 8.73. The van der Waals surface area contributed by atoms with Crippen LogP contribution in [0.15, 0.2) is 60.7 Å². The highest BCUT2D eigenvalue weighted by molar-refractivity contribution is 5.21. The fourth-order valence-electron chi connectivity index (χ4n) is 2.50. The topological polar surface area (TPSA) is 18.5 Å².